The van der Waals surface area contributed by atoms with Crippen molar-refractivity contribution in [2.75, 3.05) is 13.1 Å². The van der Waals surface area contributed by atoms with Crippen LogP contribution in [-0.2, 0) is 0 Å². The summed E-state index contributed by atoms with van der Waals surface area (Å²) in [6.07, 6.45) is 9.94. The standard InChI is InChI=1S/C14H26N2O/c17-14(7-3-8-14)10-16-13-5-1-4-11(13)12-6-2-9-15-12/h11-13,15-17H,1-10H2. The SMILES string of the molecule is OC1(CNC2CCCC2C2CCCN2)CCC1. The lowest BCUT2D eigenvalue weighted by molar-refractivity contribution is -0.0342. The minimum atomic E-state index is -0.365. The summed E-state index contributed by atoms with van der Waals surface area (Å²) in [5.41, 5.74) is -0.365. The van der Waals surface area contributed by atoms with E-state index in [2.05, 4.69) is 10.6 Å². The summed E-state index contributed by atoms with van der Waals surface area (Å²) in [6.45, 7) is 2.03. The molecule has 3 fully saturated rings. The average Bonchev–Trinajstić information content (AvgIpc) is 2.93. The van der Waals surface area contributed by atoms with Gasteiger partial charge < -0.3 is 15.7 Å². The molecule has 17 heavy (non-hydrogen) atoms. The lowest BCUT2D eigenvalue weighted by Gasteiger charge is -2.38. The molecule has 98 valence electrons. The summed E-state index contributed by atoms with van der Waals surface area (Å²) in [6, 6.07) is 1.39. The van der Waals surface area contributed by atoms with Crippen LogP contribution in [-0.4, -0.2) is 35.9 Å². The van der Waals surface area contributed by atoms with Crippen LogP contribution < -0.4 is 10.6 Å². The van der Waals surface area contributed by atoms with E-state index in [0.717, 1.165) is 31.3 Å². The maximum Gasteiger partial charge on any atom is 0.0771 e. The average molecular weight is 238 g/mol. The van der Waals surface area contributed by atoms with Crippen LogP contribution in [0.2, 0.25) is 0 Å². The normalized spacial score (nSPS) is 40.4. The van der Waals surface area contributed by atoms with Gasteiger partial charge in [-0.3, -0.25) is 0 Å². The van der Waals surface area contributed by atoms with E-state index in [1.807, 2.05) is 0 Å². The Bertz CT molecular complexity index is 259. The molecule has 2 aliphatic carbocycles. The van der Waals surface area contributed by atoms with Gasteiger partial charge in [-0.2, -0.15) is 0 Å². The third-order valence-electron chi connectivity index (χ3n) is 5.16. The Morgan fingerprint density at radius 1 is 1.12 bits per heavy atom. The molecule has 3 aliphatic rings. The van der Waals surface area contributed by atoms with Crippen molar-refractivity contribution in [2.45, 2.75) is 69.1 Å². The predicted molar refractivity (Wildman–Crippen MR) is 69.0 cm³/mol. The maximum absolute atomic E-state index is 10.1. The summed E-state index contributed by atoms with van der Waals surface area (Å²) < 4.78 is 0. The van der Waals surface area contributed by atoms with E-state index in [-0.39, 0.29) is 5.60 Å². The molecule has 3 unspecified atom stereocenters. The van der Waals surface area contributed by atoms with Crippen LogP contribution in [0.5, 0.6) is 0 Å². The molecule has 0 aromatic carbocycles. The molecule has 1 saturated heterocycles. The largest absolute Gasteiger partial charge is 0.389 e. The third kappa shape index (κ3) is 2.51. The molecule has 3 atom stereocenters. The quantitative estimate of drug-likeness (QED) is 0.694. The summed E-state index contributed by atoms with van der Waals surface area (Å²) in [5, 5.41) is 17.5. The van der Waals surface area contributed by atoms with E-state index in [1.165, 1.54) is 45.1 Å². The van der Waals surface area contributed by atoms with Gasteiger partial charge in [0.25, 0.3) is 0 Å². The maximum atomic E-state index is 10.1. The Morgan fingerprint density at radius 3 is 2.65 bits per heavy atom. The molecule has 0 aromatic rings. The fourth-order valence-corrected chi connectivity index (χ4v) is 3.88. The van der Waals surface area contributed by atoms with Crippen molar-refractivity contribution in [1.29, 1.82) is 0 Å². The first-order valence-electron chi connectivity index (χ1n) is 7.46. The Balaban J connectivity index is 1.50. The first kappa shape index (κ1) is 11.9. The van der Waals surface area contributed by atoms with Gasteiger partial charge in [-0.05, 0) is 57.4 Å². The molecule has 3 rings (SSSR count). The van der Waals surface area contributed by atoms with Crippen molar-refractivity contribution in [3.63, 3.8) is 0 Å². The number of hydrogen-bond acceptors (Lipinski definition) is 3. The van der Waals surface area contributed by atoms with E-state index >= 15 is 0 Å². The van der Waals surface area contributed by atoms with E-state index in [4.69, 9.17) is 0 Å². The van der Waals surface area contributed by atoms with Crippen molar-refractivity contribution in [1.82, 2.24) is 10.6 Å². The Labute approximate surface area is 104 Å². The summed E-state index contributed by atoms with van der Waals surface area (Å²) in [4.78, 5) is 0. The smallest absolute Gasteiger partial charge is 0.0771 e. The van der Waals surface area contributed by atoms with Crippen LogP contribution in [0.3, 0.4) is 0 Å². The minimum Gasteiger partial charge on any atom is -0.389 e. The van der Waals surface area contributed by atoms with Gasteiger partial charge in [-0.25, -0.2) is 0 Å². The predicted octanol–water partition coefficient (Wildman–Crippen LogP) is 1.41. The van der Waals surface area contributed by atoms with Crippen LogP contribution >= 0.6 is 0 Å². The summed E-state index contributed by atoms with van der Waals surface area (Å²) >= 11 is 0. The van der Waals surface area contributed by atoms with Crippen molar-refractivity contribution < 1.29 is 5.11 Å². The van der Waals surface area contributed by atoms with Crippen molar-refractivity contribution in [3.8, 4) is 0 Å². The van der Waals surface area contributed by atoms with Crippen LogP contribution in [0.25, 0.3) is 0 Å². The second-order valence-corrected chi connectivity index (χ2v) is 6.36. The Hall–Kier alpha value is -0.120. The Kier molecular flexibility index (Phi) is 3.42. The highest BCUT2D eigenvalue weighted by Crippen LogP contribution is 2.34. The zero-order chi connectivity index (χ0) is 11.7. The fraction of sp³-hybridized carbons (Fsp3) is 1.00. The van der Waals surface area contributed by atoms with Gasteiger partial charge in [0.2, 0.25) is 0 Å². The van der Waals surface area contributed by atoms with Crippen LogP contribution in [0.15, 0.2) is 0 Å². The van der Waals surface area contributed by atoms with Gasteiger partial charge in [0.1, 0.15) is 0 Å². The highest BCUT2D eigenvalue weighted by Gasteiger charge is 2.38. The van der Waals surface area contributed by atoms with E-state index in [9.17, 15) is 5.11 Å². The highest BCUT2D eigenvalue weighted by molar-refractivity contribution is 4.96. The molecule has 3 N–H and O–H groups in total. The van der Waals surface area contributed by atoms with Crippen LogP contribution in [0, 0.1) is 5.92 Å². The van der Waals surface area contributed by atoms with E-state index in [1.54, 1.807) is 0 Å². The number of aliphatic hydroxyl groups is 1. The third-order valence-corrected chi connectivity index (χ3v) is 5.16. The summed E-state index contributed by atoms with van der Waals surface area (Å²) in [7, 11) is 0. The fourth-order valence-electron chi connectivity index (χ4n) is 3.88. The number of hydrogen-bond donors (Lipinski definition) is 3. The van der Waals surface area contributed by atoms with Gasteiger partial charge in [0.15, 0.2) is 0 Å². The molecular formula is C14H26N2O. The van der Waals surface area contributed by atoms with Crippen molar-refractivity contribution >= 4 is 0 Å². The molecule has 1 heterocycles. The van der Waals surface area contributed by atoms with Gasteiger partial charge in [0, 0.05) is 18.6 Å². The second-order valence-electron chi connectivity index (χ2n) is 6.36. The topological polar surface area (TPSA) is 44.3 Å². The first-order chi connectivity index (χ1) is 8.27. The molecule has 0 spiro atoms. The summed E-state index contributed by atoms with van der Waals surface area (Å²) in [5.74, 6) is 0.807. The first-order valence-corrected chi connectivity index (χ1v) is 7.46. The zero-order valence-electron chi connectivity index (χ0n) is 10.8. The van der Waals surface area contributed by atoms with Crippen LogP contribution in [0.4, 0.5) is 0 Å². The molecule has 3 heteroatoms. The molecule has 0 radical (unpaired) electrons. The Morgan fingerprint density at radius 2 is 2.00 bits per heavy atom. The number of rotatable bonds is 4. The van der Waals surface area contributed by atoms with Gasteiger partial charge in [-0.15, -0.1) is 0 Å². The van der Waals surface area contributed by atoms with Crippen molar-refractivity contribution in [2.24, 2.45) is 5.92 Å². The molecular weight excluding hydrogens is 212 g/mol. The van der Waals surface area contributed by atoms with Gasteiger partial charge in [0.05, 0.1) is 5.60 Å². The minimum absolute atomic E-state index is 0.365. The molecule has 0 bridgehead atoms. The zero-order valence-corrected chi connectivity index (χ0v) is 10.8. The molecule has 0 aromatic heterocycles. The van der Waals surface area contributed by atoms with E-state index in [0.29, 0.717) is 6.04 Å². The highest BCUT2D eigenvalue weighted by atomic mass is 16.3. The molecule has 0 amide bonds. The van der Waals surface area contributed by atoms with Gasteiger partial charge >= 0.3 is 0 Å². The monoisotopic (exact) mass is 238 g/mol. The molecule has 3 nitrogen and oxygen atoms in total. The molecule has 1 aliphatic heterocycles. The number of nitrogens with one attached hydrogen (secondary N) is 2. The molecule has 2 saturated carbocycles. The second kappa shape index (κ2) is 4.87. The lowest BCUT2D eigenvalue weighted by atomic mass is 9.80. The van der Waals surface area contributed by atoms with Crippen LogP contribution in [0.1, 0.15) is 51.4 Å². The lowest BCUT2D eigenvalue weighted by Crippen LogP contribution is -2.51. The van der Waals surface area contributed by atoms with Crippen molar-refractivity contribution in [3.05, 3.63) is 0 Å². The van der Waals surface area contributed by atoms with Gasteiger partial charge in [-0.1, -0.05) is 6.42 Å². The van der Waals surface area contributed by atoms with E-state index < -0.39 is 0 Å².